The predicted molar refractivity (Wildman–Crippen MR) is 65.7 cm³/mol. The van der Waals surface area contributed by atoms with Gasteiger partial charge in [-0.2, -0.15) is 0 Å². The largest absolute Gasteiger partial charge is 0.481 e. The molecular formula is C11H12ClFO4S. The smallest absolute Gasteiger partial charge is 0.307 e. The first kappa shape index (κ1) is 14.9. The lowest BCUT2D eigenvalue weighted by atomic mass is 10.2. The van der Waals surface area contributed by atoms with Crippen LogP contribution in [0, 0.1) is 11.7 Å². The van der Waals surface area contributed by atoms with Crippen LogP contribution in [0.1, 0.15) is 12.5 Å². The Hall–Kier alpha value is -1.14. The Bertz CT molecular complexity index is 556. The molecule has 0 aliphatic carbocycles. The van der Waals surface area contributed by atoms with Crippen LogP contribution >= 0.6 is 11.6 Å². The van der Waals surface area contributed by atoms with E-state index in [9.17, 15) is 17.6 Å². The number of halogens is 2. The van der Waals surface area contributed by atoms with E-state index < -0.39 is 33.3 Å². The first-order chi connectivity index (χ1) is 8.21. The molecule has 1 unspecified atom stereocenters. The lowest BCUT2D eigenvalue weighted by Gasteiger charge is -2.08. The number of carboxylic acid groups (broad SMARTS) is 1. The first-order valence-electron chi connectivity index (χ1n) is 5.08. The van der Waals surface area contributed by atoms with Gasteiger partial charge in [0.1, 0.15) is 5.82 Å². The third kappa shape index (κ3) is 4.27. The van der Waals surface area contributed by atoms with Crippen LogP contribution in [0.5, 0.6) is 0 Å². The zero-order valence-electron chi connectivity index (χ0n) is 9.56. The lowest BCUT2D eigenvalue weighted by Crippen LogP contribution is -2.22. The molecule has 0 bridgehead atoms. The standard InChI is InChI=1S/C11H12ClFO4S/c1-7(11(14)15)5-18(16,17)6-8-2-3-10(13)9(12)4-8/h2-4,7H,5-6H2,1H3,(H,14,15). The van der Waals surface area contributed by atoms with Crippen molar-refractivity contribution in [2.24, 2.45) is 5.92 Å². The van der Waals surface area contributed by atoms with Gasteiger partial charge < -0.3 is 5.11 Å². The molecule has 100 valence electrons. The molecule has 1 rings (SSSR count). The molecule has 0 spiro atoms. The molecule has 1 N–H and O–H groups in total. The molecule has 0 amide bonds. The Morgan fingerprint density at radius 1 is 1.50 bits per heavy atom. The molecule has 18 heavy (non-hydrogen) atoms. The monoisotopic (exact) mass is 294 g/mol. The van der Waals surface area contributed by atoms with Gasteiger partial charge in [0.25, 0.3) is 0 Å². The van der Waals surface area contributed by atoms with Gasteiger partial charge in [0.2, 0.25) is 0 Å². The van der Waals surface area contributed by atoms with E-state index in [1.807, 2.05) is 0 Å². The minimum atomic E-state index is -3.57. The zero-order valence-corrected chi connectivity index (χ0v) is 11.1. The maximum atomic E-state index is 12.9. The molecule has 0 fully saturated rings. The fourth-order valence-electron chi connectivity index (χ4n) is 1.39. The molecular weight excluding hydrogens is 283 g/mol. The number of sulfone groups is 1. The molecule has 0 radical (unpaired) electrons. The zero-order chi connectivity index (χ0) is 13.9. The fourth-order valence-corrected chi connectivity index (χ4v) is 3.31. The molecule has 1 atom stereocenters. The van der Waals surface area contributed by atoms with Gasteiger partial charge in [-0.05, 0) is 17.7 Å². The van der Waals surface area contributed by atoms with Crippen molar-refractivity contribution in [1.82, 2.24) is 0 Å². The van der Waals surface area contributed by atoms with Crippen LogP contribution in [-0.2, 0) is 20.4 Å². The maximum Gasteiger partial charge on any atom is 0.307 e. The minimum absolute atomic E-state index is 0.158. The highest BCUT2D eigenvalue weighted by atomic mass is 35.5. The highest BCUT2D eigenvalue weighted by molar-refractivity contribution is 7.90. The molecule has 0 heterocycles. The van der Waals surface area contributed by atoms with Crippen LogP contribution < -0.4 is 0 Å². The topological polar surface area (TPSA) is 71.4 Å². The van der Waals surface area contributed by atoms with Gasteiger partial charge in [0.05, 0.1) is 22.4 Å². The summed E-state index contributed by atoms with van der Waals surface area (Å²) >= 11 is 5.53. The van der Waals surface area contributed by atoms with E-state index in [-0.39, 0.29) is 10.8 Å². The van der Waals surface area contributed by atoms with E-state index in [2.05, 4.69) is 0 Å². The number of carboxylic acids is 1. The molecule has 0 saturated heterocycles. The van der Waals surface area contributed by atoms with E-state index in [1.165, 1.54) is 19.1 Å². The van der Waals surface area contributed by atoms with Gasteiger partial charge in [-0.15, -0.1) is 0 Å². The van der Waals surface area contributed by atoms with E-state index in [1.54, 1.807) is 0 Å². The molecule has 0 aliphatic heterocycles. The fraction of sp³-hybridized carbons (Fsp3) is 0.364. The average molecular weight is 295 g/mol. The SMILES string of the molecule is CC(CS(=O)(=O)Cc1ccc(F)c(Cl)c1)C(=O)O. The number of aliphatic carboxylic acids is 1. The normalized spacial score (nSPS) is 13.3. The van der Waals surface area contributed by atoms with Crippen LogP contribution in [0.3, 0.4) is 0 Å². The van der Waals surface area contributed by atoms with Crippen molar-refractivity contribution in [3.63, 3.8) is 0 Å². The van der Waals surface area contributed by atoms with Crippen LogP contribution in [0.2, 0.25) is 5.02 Å². The van der Waals surface area contributed by atoms with Crippen LogP contribution in [0.25, 0.3) is 0 Å². The van der Waals surface area contributed by atoms with E-state index in [0.29, 0.717) is 5.56 Å². The Morgan fingerprint density at radius 2 is 2.11 bits per heavy atom. The molecule has 0 aromatic heterocycles. The third-order valence-electron chi connectivity index (χ3n) is 2.30. The summed E-state index contributed by atoms with van der Waals surface area (Å²) in [5.74, 6) is -3.60. The summed E-state index contributed by atoms with van der Waals surface area (Å²) in [6, 6.07) is 3.61. The lowest BCUT2D eigenvalue weighted by molar-refractivity contribution is -0.140. The number of rotatable bonds is 5. The highest BCUT2D eigenvalue weighted by Crippen LogP contribution is 2.18. The first-order valence-corrected chi connectivity index (χ1v) is 7.28. The van der Waals surface area contributed by atoms with Crippen LogP contribution in [-0.4, -0.2) is 25.2 Å². The number of carbonyl (C=O) groups is 1. The van der Waals surface area contributed by atoms with Crippen LogP contribution in [0.15, 0.2) is 18.2 Å². The Balaban J connectivity index is 2.82. The van der Waals surface area contributed by atoms with Gasteiger partial charge in [0, 0.05) is 0 Å². The van der Waals surface area contributed by atoms with E-state index in [4.69, 9.17) is 16.7 Å². The van der Waals surface area contributed by atoms with E-state index in [0.717, 1.165) is 6.07 Å². The third-order valence-corrected chi connectivity index (χ3v) is 4.37. The van der Waals surface area contributed by atoms with Gasteiger partial charge in [0.15, 0.2) is 9.84 Å². The minimum Gasteiger partial charge on any atom is -0.481 e. The van der Waals surface area contributed by atoms with Gasteiger partial charge in [-0.3, -0.25) is 4.79 Å². The molecule has 0 saturated carbocycles. The summed E-state index contributed by atoms with van der Waals surface area (Å²) in [5, 5.41) is 8.50. The Kier molecular flexibility index (Phi) is 4.70. The van der Waals surface area contributed by atoms with Crippen molar-refractivity contribution in [3.05, 3.63) is 34.6 Å². The van der Waals surface area contributed by atoms with Crippen molar-refractivity contribution in [3.8, 4) is 0 Å². The van der Waals surface area contributed by atoms with Crippen LogP contribution in [0.4, 0.5) is 4.39 Å². The summed E-state index contributed by atoms with van der Waals surface area (Å²) in [5.41, 5.74) is 0.332. The van der Waals surface area contributed by atoms with Gasteiger partial charge in [-0.1, -0.05) is 24.6 Å². The number of benzene rings is 1. The second-order valence-corrected chi connectivity index (χ2v) is 6.56. The quantitative estimate of drug-likeness (QED) is 0.903. The molecule has 7 heteroatoms. The summed E-state index contributed by atoms with van der Waals surface area (Å²) < 4.78 is 36.3. The molecule has 1 aromatic carbocycles. The van der Waals surface area contributed by atoms with Crippen molar-refractivity contribution in [1.29, 1.82) is 0 Å². The summed E-state index contributed by atoms with van der Waals surface area (Å²) in [6.07, 6.45) is 0. The molecule has 1 aromatic rings. The maximum absolute atomic E-state index is 12.9. The molecule has 4 nitrogen and oxygen atoms in total. The van der Waals surface area contributed by atoms with Crippen molar-refractivity contribution in [2.45, 2.75) is 12.7 Å². The van der Waals surface area contributed by atoms with Gasteiger partial charge >= 0.3 is 5.97 Å². The van der Waals surface area contributed by atoms with Crippen molar-refractivity contribution >= 4 is 27.4 Å². The average Bonchev–Trinajstić information content (AvgIpc) is 2.22. The Labute approximate surface area is 109 Å². The number of hydrogen-bond donors (Lipinski definition) is 1. The summed E-state index contributed by atoms with van der Waals surface area (Å²) in [4.78, 5) is 10.6. The van der Waals surface area contributed by atoms with E-state index >= 15 is 0 Å². The second-order valence-electron chi connectivity index (χ2n) is 4.04. The molecule has 0 aliphatic rings. The number of hydrogen-bond acceptors (Lipinski definition) is 3. The summed E-state index contributed by atoms with van der Waals surface area (Å²) in [7, 11) is -3.57. The highest BCUT2D eigenvalue weighted by Gasteiger charge is 2.21. The van der Waals surface area contributed by atoms with Crippen molar-refractivity contribution < 1.29 is 22.7 Å². The Morgan fingerprint density at radius 3 is 2.61 bits per heavy atom. The van der Waals surface area contributed by atoms with Gasteiger partial charge in [-0.25, -0.2) is 12.8 Å². The summed E-state index contributed by atoms with van der Waals surface area (Å²) in [6.45, 7) is 1.32. The predicted octanol–water partition coefficient (Wildman–Crippen LogP) is 2.11. The van der Waals surface area contributed by atoms with Crippen molar-refractivity contribution in [2.75, 3.05) is 5.75 Å². The second kappa shape index (κ2) is 5.67.